The van der Waals surface area contributed by atoms with Crippen LogP contribution in [-0.4, -0.2) is 31.7 Å². The van der Waals surface area contributed by atoms with Gasteiger partial charge in [0.05, 0.1) is 19.1 Å². The van der Waals surface area contributed by atoms with E-state index in [0.29, 0.717) is 6.04 Å². The van der Waals surface area contributed by atoms with Crippen LogP contribution in [0.15, 0.2) is 30.3 Å². The highest BCUT2D eigenvalue weighted by Crippen LogP contribution is 2.29. The molecule has 19 heavy (non-hydrogen) atoms. The Labute approximate surface area is 113 Å². The number of rotatable bonds is 5. The first-order valence-electron chi connectivity index (χ1n) is 6.88. The van der Waals surface area contributed by atoms with Gasteiger partial charge in [0, 0.05) is 11.7 Å². The van der Waals surface area contributed by atoms with E-state index in [4.69, 9.17) is 0 Å². The van der Waals surface area contributed by atoms with Gasteiger partial charge in [0.25, 0.3) is 0 Å². The topological polar surface area (TPSA) is 32.3 Å². The number of carbonyl (C=O) groups is 1. The number of benzene rings is 1. The molecule has 0 aromatic heterocycles. The molecule has 0 spiro atoms. The molecule has 1 fully saturated rings. The average molecular weight is 264 g/mol. The summed E-state index contributed by atoms with van der Waals surface area (Å²) in [7, 11) is 1.92. The van der Waals surface area contributed by atoms with Gasteiger partial charge in [-0.1, -0.05) is 18.2 Å². The van der Waals surface area contributed by atoms with Crippen LogP contribution in [0.5, 0.6) is 0 Å². The molecule has 1 amide bonds. The molecular formula is C15H21FN2O. The molecule has 0 saturated heterocycles. The smallest absolute Gasteiger partial charge is 0.229 e. The van der Waals surface area contributed by atoms with Crippen molar-refractivity contribution < 1.29 is 9.18 Å². The maximum absolute atomic E-state index is 12.5. The summed E-state index contributed by atoms with van der Waals surface area (Å²) < 4.78 is 12.5. The Morgan fingerprint density at radius 1 is 1.37 bits per heavy atom. The van der Waals surface area contributed by atoms with Crippen molar-refractivity contribution in [3.05, 3.63) is 30.3 Å². The quantitative estimate of drug-likeness (QED) is 0.886. The number of carbonyl (C=O) groups excluding carboxylic acids is 1. The van der Waals surface area contributed by atoms with E-state index >= 15 is 0 Å². The summed E-state index contributed by atoms with van der Waals surface area (Å²) in [6.07, 6.45) is 3.09. The lowest BCUT2D eigenvalue weighted by Crippen LogP contribution is -2.49. The first-order chi connectivity index (χ1) is 9.27. The van der Waals surface area contributed by atoms with E-state index in [1.807, 2.05) is 37.4 Å². The highest BCUT2D eigenvalue weighted by Gasteiger charge is 2.34. The predicted octanol–water partition coefficient (Wildman–Crippen LogP) is 2.52. The monoisotopic (exact) mass is 264 g/mol. The predicted molar refractivity (Wildman–Crippen MR) is 75.0 cm³/mol. The molecule has 1 aliphatic carbocycles. The standard InChI is InChI=1S/C15H21FN2O/c1-17-13-8-5-9-14(13)18(15(19)10-11-16)12-6-3-2-4-7-12/h2-4,6-7,13-14,17H,5,8-11H2,1H3. The molecular weight excluding hydrogens is 243 g/mol. The zero-order valence-corrected chi connectivity index (χ0v) is 11.3. The van der Waals surface area contributed by atoms with Crippen LogP contribution in [0.2, 0.25) is 0 Å². The van der Waals surface area contributed by atoms with E-state index in [1.165, 1.54) is 0 Å². The van der Waals surface area contributed by atoms with Gasteiger partial charge >= 0.3 is 0 Å². The number of halogens is 1. The number of anilines is 1. The lowest BCUT2D eigenvalue weighted by Gasteiger charge is -2.33. The van der Waals surface area contributed by atoms with Gasteiger partial charge in [0.15, 0.2) is 0 Å². The zero-order chi connectivity index (χ0) is 13.7. The van der Waals surface area contributed by atoms with Crippen molar-refractivity contribution in [1.29, 1.82) is 0 Å². The first kappa shape index (κ1) is 14.0. The third kappa shape index (κ3) is 3.13. The second kappa shape index (κ2) is 6.66. The van der Waals surface area contributed by atoms with E-state index in [9.17, 15) is 9.18 Å². The van der Waals surface area contributed by atoms with Crippen LogP contribution in [0.1, 0.15) is 25.7 Å². The molecule has 1 aromatic rings. The summed E-state index contributed by atoms with van der Waals surface area (Å²) in [6.45, 7) is -0.598. The van der Waals surface area contributed by atoms with Gasteiger partial charge in [-0.15, -0.1) is 0 Å². The molecule has 1 aromatic carbocycles. The number of likely N-dealkylation sites (N-methyl/N-ethyl adjacent to an activating group) is 1. The molecule has 3 nitrogen and oxygen atoms in total. The number of nitrogens with one attached hydrogen (secondary N) is 1. The maximum atomic E-state index is 12.5. The molecule has 1 N–H and O–H groups in total. The van der Waals surface area contributed by atoms with Crippen molar-refractivity contribution in [2.75, 3.05) is 18.6 Å². The van der Waals surface area contributed by atoms with Gasteiger partial charge in [-0.3, -0.25) is 9.18 Å². The molecule has 2 atom stereocenters. The van der Waals surface area contributed by atoms with E-state index in [-0.39, 0.29) is 18.4 Å². The Morgan fingerprint density at radius 3 is 2.74 bits per heavy atom. The minimum atomic E-state index is -0.598. The van der Waals surface area contributed by atoms with Crippen LogP contribution in [0.25, 0.3) is 0 Å². The molecule has 1 aliphatic rings. The fourth-order valence-electron chi connectivity index (χ4n) is 2.90. The van der Waals surface area contributed by atoms with Crippen LogP contribution in [0.4, 0.5) is 10.1 Å². The maximum Gasteiger partial charge on any atom is 0.229 e. The van der Waals surface area contributed by atoms with Crippen LogP contribution in [-0.2, 0) is 4.79 Å². The van der Waals surface area contributed by atoms with E-state index in [1.54, 1.807) is 4.90 Å². The lowest BCUT2D eigenvalue weighted by molar-refractivity contribution is -0.119. The van der Waals surface area contributed by atoms with Crippen molar-refractivity contribution in [2.24, 2.45) is 0 Å². The fraction of sp³-hybridized carbons (Fsp3) is 0.533. The number of hydrogen-bond acceptors (Lipinski definition) is 2. The summed E-state index contributed by atoms with van der Waals surface area (Å²) in [4.78, 5) is 14.0. The van der Waals surface area contributed by atoms with Crippen LogP contribution >= 0.6 is 0 Å². The van der Waals surface area contributed by atoms with Crippen LogP contribution in [0, 0.1) is 0 Å². The summed E-state index contributed by atoms with van der Waals surface area (Å²) >= 11 is 0. The van der Waals surface area contributed by atoms with Crippen molar-refractivity contribution in [1.82, 2.24) is 5.32 Å². The minimum Gasteiger partial charge on any atom is -0.315 e. The Kier molecular flexibility index (Phi) is 4.91. The largest absolute Gasteiger partial charge is 0.315 e. The number of amides is 1. The van der Waals surface area contributed by atoms with Crippen LogP contribution < -0.4 is 10.2 Å². The van der Waals surface area contributed by atoms with Gasteiger partial charge in [0.2, 0.25) is 5.91 Å². The molecule has 2 unspecified atom stereocenters. The summed E-state index contributed by atoms with van der Waals surface area (Å²) in [5, 5.41) is 3.27. The van der Waals surface area contributed by atoms with Gasteiger partial charge in [-0.05, 0) is 38.4 Å². The number of hydrogen-bond donors (Lipinski definition) is 1. The highest BCUT2D eigenvalue weighted by molar-refractivity contribution is 5.94. The molecule has 0 radical (unpaired) electrons. The average Bonchev–Trinajstić information content (AvgIpc) is 2.89. The van der Waals surface area contributed by atoms with Gasteiger partial charge in [-0.25, -0.2) is 0 Å². The third-order valence-corrected chi connectivity index (χ3v) is 3.79. The van der Waals surface area contributed by atoms with Crippen molar-refractivity contribution in [3.63, 3.8) is 0 Å². The van der Waals surface area contributed by atoms with Gasteiger partial charge < -0.3 is 10.2 Å². The van der Waals surface area contributed by atoms with Gasteiger partial charge in [-0.2, -0.15) is 0 Å². The third-order valence-electron chi connectivity index (χ3n) is 3.79. The lowest BCUT2D eigenvalue weighted by atomic mass is 10.1. The molecule has 2 rings (SSSR count). The normalized spacial score (nSPS) is 22.4. The molecule has 0 aliphatic heterocycles. The zero-order valence-electron chi connectivity index (χ0n) is 11.3. The Morgan fingerprint density at radius 2 is 2.11 bits per heavy atom. The van der Waals surface area contributed by atoms with Crippen molar-refractivity contribution >= 4 is 11.6 Å². The Balaban J connectivity index is 2.26. The molecule has 0 heterocycles. The molecule has 1 saturated carbocycles. The van der Waals surface area contributed by atoms with E-state index < -0.39 is 6.67 Å². The Bertz CT molecular complexity index is 410. The van der Waals surface area contributed by atoms with Crippen molar-refractivity contribution in [3.8, 4) is 0 Å². The van der Waals surface area contributed by atoms with Crippen LogP contribution in [0.3, 0.4) is 0 Å². The molecule has 0 bridgehead atoms. The molecule has 104 valence electrons. The number of alkyl halides is 1. The SMILES string of the molecule is CNC1CCCC1N(C(=O)CCF)c1ccccc1. The van der Waals surface area contributed by atoms with E-state index in [0.717, 1.165) is 24.9 Å². The fourth-order valence-corrected chi connectivity index (χ4v) is 2.90. The molecule has 4 heteroatoms. The number of nitrogens with zero attached hydrogens (tertiary/aromatic N) is 1. The highest BCUT2D eigenvalue weighted by atomic mass is 19.1. The van der Waals surface area contributed by atoms with Crippen molar-refractivity contribution in [2.45, 2.75) is 37.8 Å². The summed E-state index contributed by atoms with van der Waals surface area (Å²) in [6, 6.07) is 10.0. The second-order valence-corrected chi connectivity index (χ2v) is 4.93. The Hall–Kier alpha value is -1.42. The van der Waals surface area contributed by atoms with Gasteiger partial charge in [0.1, 0.15) is 0 Å². The first-order valence-corrected chi connectivity index (χ1v) is 6.88. The second-order valence-electron chi connectivity index (χ2n) is 4.93. The van der Waals surface area contributed by atoms with E-state index in [2.05, 4.69) is 5.32 Å². The summed E-state index contributed by atoms with van der Waals surface area (Å²) in [5.74, 6) is -0.124. The minimum absolute atomic E-state index is 0.0399. The number of para-hydroxylation sites is 1. The summed E-state index contributed by atoms with van der Waals surface area (Å²) in [5.41, 5.74) is 0.869.